The van der Waals surface area contributed by atoms with Gasteiger partial charge in [0.2, 0.25) is 0 Å². The van der Waals surface area contributed by atoms with E-state index in [2.05, 4.69) is 16.9 Å². The third-order valence-corrected chi connectivity index (χ3v) is 5.01. The van der Waals surface area contributed by atoms with Gasteiger partial charge in [-0.3, -0.25) is 9.89 Å². The van der Waals surface area contributed by atoms with Crippen molar-refractivity contribution in [2.24, 2.45) is 4.99 Å². The van der Waals surface area contributed by atoms with Crippen molar-refractivity contribution in [2.75, 3.05) is 32.1 Å². The maximum Gasteiger partial charge on any atom is 0.125 e. The Bertz CT molecular complexity index is 437. The minimum absolute atomic E-state index is 0.304. The van der Waals surface area contributed by atoms with Crippen molar-refractivity contribution in [3.63, 3.8) is 0 Å². The number of para-hydroxylation sites is 1. The van der Waals surface area contributed by atoms with Gasteiger partial charge in [-0.1, -0.05) is 12.1 Å². The molecule has 1 N–H and O–H groups in total. The van der Waals surface area contributed by atoms with Gasteiger partial charge in [0, 0.05) is 17.9 Å². The lowest BCUT2D eigenvalue weighted by molar-refractivity contribution is 0.357. The first kappa shape index (κ1) is 13.8. The van der Waals surface area contributed by atoms with Gasteiger partial charge < -0.3 is 5.11 Å². The van der Waals surface area contributed by atoms with Crippen LogP contribution in [-0.4, -0.2) is 52.6 Å². The minimum Gasteiger partial charge on any atom is -0.507 e. The molecule has 0 saturated carbocycles. The lowest BCUT2D eigenvalue weighted by Crippen LogP contribution is -2.26. The van der Waals surface area contributed by atoms with Crippen molar-refractivity contribution < 1.29 is 5.11 Å². The maximum absolute atomic E-state index is 9.85. The van der Waals surface area contributed by atoms with Crippen molar-refractivity contribution in [3.05, 3.63) is 29.8 Å². The predicted molar refractivity (Wildman–Crippen MR) is 81.9 cm³/mol. The van der Waals surface area contributed by atoms with Crippen LogP contribution in [0.3, 0.4) is 0 Å². The average molecular weight is 282 g/mol. The number of rotatable bonds is 3. The molecule has 0 spiro atoms. The zero-order valence-electron chi connectivity index (χ0n) is 10.7. The summed E-state index contributed by atoms with van der Waals surface area (Å²) in [7, 11) is 2.14. The number of likely N-dealkylation sites (N-methyl/N-ethyl adjacent to an activating group) is 1. The van der Waals surface area contributed by atoms with Crippen LogP contribution >= 0.6 is 23.5 Å². The van der Waals surface area contributed by atoms with Gasteiger partial charge in [-0.2, -0.15) is 0 Å². The second-order valence-corrected chi connectivity index (χ2v) is 6.25. The molecule has 98 valence electrons. The summed E-state index contributed by atoms with van der Waals surface area (Å²) in [4.78, 5) is 6.99. The number of phenolic OH excluding ortho intramolecular Hbond substituents is 1. The molecule has 1 unspecified atom stereocenters. The van der Waals surface area contributed by atoms with Gasteiger partial charge in [0.15, 0.2) is 0 Å². The molecule has 1 aromatic rings. The number of aromatic hydroxyl groups is 1. The van der Waals surface area contributed by atoms with Crippen LogP contribution < -0.4 is 0 Å². The van der Waals surface area contributed by atoms with Crippen LogP contribution in [0.1, 0.15) is 5.56 Å². The molecule has 1 aromatic carbocycles. The van der Waals surface area contributed by atoms with Crippen molar-refractivity contribution >= 4 is 28.6 Å². The number of benzene rings is 1. The van der Waals surface area contributed by atoms with Crippen LogP contribution in [0.4, 0.5) is 0 Å². The van der Waals surface area contributed by atoms with E-state index in [-0.39, 0.29) is 0 Å². The summed E-state index contributed by atoms with van der Waals surface area (Å²) in [6, 6.07) is 7.38. The summed E-state index contributed by atoms with van der Waals surface area (Å²) in [5.41, 5.74) is 0.829. The highest BCUT2D eigenvalue weighted by Crippen LogP contribution is 2.25. The third-order valence-electron chi connectivity index (χ3n) is 2.96. The van der Waals surface area contributed by atoms with Gasteiger partial charge in [0.1, 0.15) is 10.8 Å². The molecule has 18 heavy (non-hydrogen) atoms. The lowest BCUT2D eigenvalue weighted by Gasteiger charge is -2.16. The van der Waals surface area contributed by atoms with Crippen molar-refractivity contribution in [1.82, 2.24) is 4.90 Å². The van der Waals surface area contributed by atoms with Crippen LogP contribution in [0.15, 0.2) is 29.3 Å². The fourth-order valence-electron chi connectivity index (χ4n) is 1.87. The SMILES string of the molecule is CS/C(=N\CC1SCCN1C)c1ccccc1O. The molecule has 0 aliphatic carbocycles. The van der Waals surface area contributed by atoms with Crippen LogP contribution in [0.25, 0.3) is 0 Å². The quantitative estimate of drug-likeness (QED) is 0.682. The molecule has 2 rings (SSSR count). The van der Waals surface area contributed by atoms with E-state index in [1.165, 1.54) is 5.75 Å². The molecule has 0 aromatic heterocycles. The lowest BCUT2D eigenvalue weighted by atomic mass is 10.2. The zero-order chi connectivity index (χ0) is 13.0. The fourth-order valence-corrected chi connectivity index (χ4v) is 3.67. The molecule has 3 nitrogen and oxygen atoms in total. The van der Waals surface area contributed by atoms with Crippen molar-refractivity contribution in [3.8, 4) is 5.75 Å². The molecule has 1 aliphatic heterocycles. The Kier molecular flexibility index (Phi) is 4.97. The highest BCUT2D eigenvalue weighted by Gasteiger charge is 2.21. The molecule has 1 heterocycles. The number of thioether (sulfide) groups is 2. The number of hydrogen-bond donors (Lipinski definition) is 1. The minimum atomic E-state index is 0.304. The Hall–Kier alpha value is -0.650. The normalized spacial score (nSPS) is 21.4. The summed E-state index contributed by atoms with van der Waals surface area (Å²) < 4.78 is 0. The molecule has 1 saturated heterocycles. The predicted octanol–water partition coefficient (Wildman–Crippen LogP) is 2.51. The Morgan fingerprint density at radius 1 is 1.56 bits per heavy atom. The number of hydrogen-bond acceptors (Lipinski definition) is 5. The van der Waals surface area contributed by atoms with Crippen LogP contribution in [0, 0.1) is 0 Å². The largest absolute Gasteiger partial charge is 0.507 e. The molecular formula is C13H18N2OS2. The summed E-state index contributed by atoms with van der Waals surface area (Å²) in [5, 5.41) is 11.2. The fraction of sp³-hybridized carbons (Fsp3) is 0.462. The number of aliphatic imine (C=N–C) groups is 1. The van der Waals surface area contributed by atoms with E-state index >= 15 is 0 Å². The van der Waals surface area contributed by atoms with E-state index in [4.69, 9.17) is 0 Å². The van der Waals surface area contributed by atoms with Gasteiger partial charge >= 0.3 is 0 Å². The van der Waals surface area contributed by atoms with E-state index in [1.807, 2.05) is 36.2 Å². The van der Waals surface area contributed by atoms with Crippen molar-refractivity contribution in [1.29, 1.82) is 0 Å². The van der Waals surface area contributed by atoms with Crippen molar-refractivity contribution in [2.45, 2.75) is 5.37 Å². The van der Waals surface area contributed by atoms with E-state index in [0.717, 1.165) is 23.7 Å². The summed E-state index contributed by atoms with van der Waals surface area (Å²) in [5.74, 6) is 1.49. The first-order valence-electron chi connectivity index (χ1n) is 5.91. The smallest absolute Gasteiger partial charge is 0.125 e. The molecular weight excluding hydrogens is 264 g/mol. The van der Waals surface area contributed by atoms with Crippen LogP contribution in [0.5, 0.6) is 5.75 Å². The van der Waals surface area contributed by atoms with Gasteiger partial charge in [0.25, 0.3) is 0 Å². The molecule has 0 bridgehead atoms. The highest BCUT2D eigenvalue weighted by atomic mass is 32.2. The molecule has 0 radical (unpaired) electrons. The second kappa shape index (κ2) is 6.50. The first-order valence-corrected chi connectivity index (χ1v) is 8.18. The van der Waals surface area contributed by atoms with Crippen LogP contribution in [0.2, 0.25) is 0 Å². The third kappa shape index (κ3) is 3.22. The molecule has 1 fully saturated rings. The molecule has 0 amide bonds. The van der Waals surface area contributed by atoms with Gasteiger partial charge in [-0.15, -0.1) is 23.5 Å². The number of nitrogens with zero attached hydrogens (tertiary/aromatic N) is 2. The monoisotopic (exact) mass is 282 g/mol. The topological polar surface area (TPSA) is 35.8 Å². The van der Waals surface area contributed by atoms with E-state index in [9.17, 15) is 5.11 Å². The highest BCUT2D eigenvalue weighted by molar-refractivity contribution is 8.13. The number of phenols is 1. The Morgan fingerprint density at radius 3 is 2.94 bits per heavy atom. The first-order chi connectivity index (χ1) is 8.72. The molecule has 1 aliphatic rings. The Morgan fingerprint density at radius 2 is 2.33 bits per heavy atom. The van der Waals surface area contributed by atoms with E-state index < -0.39 is 0 Å². The average Bonchev–Trinajstić information content (AvgIpc) is 2.78. The zero-order valence-corrected chi connectivity index (χ0v) is 12.3. The Balaban J connectivity index is 2.11. The maximum atomic E-state index is 9.85. The summed E-state index contributed by atoms with van der Waals surface area (Å²) in [6.07, 6.45) is 2.00. The van der Waals surface area contributed by atoms with Gasteiger partial charge in [0.05, 0.1) is 11.9 Å². The molecule has 5 heteroatoms. The molecule has 1 atom stereocenters. The summed E-state index contributed by atoms with van der Waals surface area (Å²) >= 11 is 3.53. The standard InChI is InChI=1S/C13H18N2OS2/c1-15-7-8-18-12(15)9-14-13(17-2)10-5-3-4-6-11(10)16/h3-6,12,16H,7-9H2,1-2H3/b14-13-. The van der Waals surface area contributed by atoms with E-state index in [1.54, 1.807) is 17.8 Å². The van der Waals surface area contributed by atoms with Gasteiger partial charge in [-0.25, -0.2) is 0 Å². The Labute approximate surface area is 117 Å². The van der Waals surface area contributed by atoms with Crippen LogP contribution in [-0.2, 0) is 0 Å². The second-order valence-electron chi connectivity index (χ2n) is 4.17. The van der Waals surface area contributed by atoms with E-state index in [0.29, 0.717) is 11.1 Å². The van der Waals surface area contributed by atoms with Gasteiger partial charge in [-0.05, 0) is 25.4 Å². The summed E-state index contributed by atoms with van der Waals surface area (Å²) in [6.45, 7) is 1.92.